The summed E-state index contributed by atoms with van der Waals surface area (Å²) in [6.07, 6.45) is 0.760. The van der Waals surface area contributed by atoms with Crippen LogP contribution < -0.4 is 20.1 Å². The lowest BCUT2D eigenvalue weighted by atomic mass is 10.1. The molecule has 8 heteroatoms. The van der Waals surface area contributed by atoms with Gasteiger partial charge in [-0.05, 0) is 31.0 Å². The third-order valence-corrected chi connectivity index (χ3v) is 4.09. The van der Waals surface area contributed by atoms with E-state index in [0.717, 1.165) is 12.0 Å². The van der Waals surface area contributed by atoms with Gasteiger partial charge in [0, 0.05) is 19.2 Å². The van der Waals surface area contributed by atoms with Crippen LogP contribution in [0.3, 0.4) is 0 Å². The van der Waals surface area contributed by atoms with Crippen LogP contribution in [0.4, 0.5) is 5.69 Å². The van der Waals surface area contributed by atoms with Crippen molar-refractivity contribution in [3.8, 4) is 11.5 Å². The SMILES string of the molecule is CCNC(=NCc1ccccc1[N+](=O)[O-])NCCc1ccc(OC)c(OC)c1. The molecule has 0 saturated heterocycles. The van der Waals surface area contributed by atoms with Crippen molar-refractivity contribution in [2.75, 3.05) is 27.3 Å². The highest BCUT2D eigenvalue weighted by atomic mass is 16.6. The number of nitro benzene ring substituents is 1. The third kappa shape index (κ3) is 5.87. The lowest BCUT2D eigenvalue weighted by Gasteiger charge is -2.13. The predicted octanol–water partition coefficient (Wildman–Crippen LogP) is 2.91. The van der Waals surface area contributed by atoms with Crippen LogP contribution >= 0.6 is 0 Å². The van der Waals surface area contributed by atoms with E-state index in [4.69, 9.17) is 9.47 Å². The smallest absolute Gasteiger partial charge is 0.274 e. The summed E-state index contributed by atoms with van der Waals surface area (Å²) in [5.41, 5.74) is 1.75. The lowest BCUT2D eigenvalue weighted by molar-refractivity contribution is -0.385. The standard InChI is InChI=1S/C20H26N4O4/c1-4-21-20(23-14-16-7-5-6-8-17(16)24(25)26)22-12-11-15-9-10-18(27-2)19(13-15)28-3/h5-10,13H,4,11-12,14H2,1-3H3,(H2,21,22,23). The first-order valence-electron chi connectivity index (χ1n) is 9.04. The van der Waals surface area contributed by atoms with Crippen LogP contribution in [0.1, 0.15) is 18.1 Å². The van der Waals surface area contributed by atoms with Gasteiger partial charge in [-0.2, -0.15) is 0 Å². The van der Waals surface area contributed by atoms with Gasteiger partial charge in [0.15, 0.2) is 17.5 Å². The van der Waals surface area contributed by atoms with Gasteiger partial charge >= 0.3 is 0 Å². The van der Waals surface area contributed by atoms with Crippen molar-refractivity contribution in [3.05, 3.63) is 63.7 Å². The first-order valence-corrected chi connectivity index (χ1v) is 9.04. The van der Waals surface area contributed by atoms with Crippen molar-refractivity contribution in [2.45, 2.75) is 19.9 Å². The Morgan fingerprint density at radius 2 is 1.86 bits per heavy atom. The Balaban J connectivity index is 1.99. The van der Waals surface area contributed by atoms with E-state index in [1.54, 1.807) is 32.4 Å². The highest BCUT2D eigenvalue weighted by Gasteiger charge is 2.11. The highest BCUT2D eigenvalue weighted by Crippen LogP contribution is 2.27. The van der Waals surface area contributed by atoms with Gasteiger partial charge in [-0.25, -0.2) is 4.99 Å². The van der Waals surface area contributed by atoms with E-state index in [1.165, 1.54) is 6.07 Å². The number of aliphatic imine (C=N–C) groups is 1. The monoisotopic (exact) mass is 386 g/mol. The van der Waals surface area contributed by atoms with Crippen molar-refractivity contribution in [2.24, 2.45) is 4.99 Å². The fourth-order valence-electron chi connectivity index (χ4n) is 2.69. The zero-order valence-electron chi connectivity index (χ0n) is 16.4. The molecule has 0 heterocycles. The number of hydrogen-bond acceptors (Lipinski definition) is 5. The summed E-state index contributed by atoms with van der Waals surface area (Å²) in [4.78, 5) is 15.2. The van der Waals surface area contributed by atoms with E-state index in [2.05, 4.69) is 15.6 Å². The van der Waals surface area contributed by atoms with Crippen LogP contribution in [0.2, 0.25) is 0 Å². The molecule has 150 valence electrons. The van der Waals surface area contributed by atoms with E-state index < -0.39 is 0 Å². The minimum Gasteiger partial charge on any atom is -0.493 e. The largest absolute Gasteiger partial charge is 0.493 e. The van der Waals surface area contributed by atoms with Crippen molar-refractivity contribution in [1.29, 1.82) is 0 Å². The van der Waals surface area contributed by atoms with Gasteiger partial charge in [-0.3, -0.25) is 10.1 Å². The van der Waals surface area contributed by atoms with Gasteiger partial charge in [-0.1, -0.05) is 24.3 Å². The van der Waals surface area contributed by atoms with Gasteiger partial charge in [-0.15, -0.1) is 0 Å². The molecule has 0 atom stereocenters. The van der Waals surface area contributed by atoms with Gasteiger partial charge in [0.05, 0.1) is 31.3 Å². The number of benzene rings is 2. The van der Waals surface area contributed by atoms with Crippen LogP contribution in [0.15, 0.2) is 47.5 Å². The second kappa shape index (κ2) is 10.8. The molecule has 0 amide bonds. The molecule has 0 aliphatic carbocycles. The van der Waals surface area contributed by atoms with E-state index >= 15 is 0 Å². The number of nitro groups is 1. The average molecular weight is 386 g/mol. The number of para-hydroxylation sites is 1. The third-order valence-electron chi connectivity index (χ3n) is 4.09. The van der Waals surface area contributed by atoms with Gasteiger partial charge < -0.3 is 20.1 Å². The maximum Gasteiger partial charge on any atom is 0.274 e. The molecular weight excluding hydrogens is 360 g/mol. The zero-order chi connectivity index (χ0) is 20.4. The molecule has 0 spiro atoms. The summed E-state index contributed by atoms with van der Waals surface area (Å²) in [7, 11) is 3.22. The molecular formula is C20H26N4O4. The van der Waals surface area contributed by atoms with Crippen LogP contribution in [0.5, 0.6) is 11.5 Å². The number of rotatable bonds is 9. The van der Waals surface area contributed by atoms with Crippen LogP contribution in [0, 0.1) is 10.1 Å². The van der Waals surface area contributed by atoms with E-state index in [9.17, 15) is 10.1 Å². The molecule has 0 aromatic heterocycles. The quantitative estimate of drug-likeness (QED) is 0.298. The molecule has 0 aliphatic rings. The molecule has 0 saturated carbocycles. The lowest BCUT2D eigenvalue weighted by Crippen LogP contribution is -2.38. The number of nitrogens with zero attached hydrogens (tertiary/aromatic N) is 2. The molecule has 2 aromatic carbocycles. The first kappa shape index (κ1) is 21.0. The van der Waals surface area contributed by atoms with Crippen LogP contribution in [-0.4, -0.2) is 38.2 Å². The average Bonchev–Trinajstić information content (AvgIpc) is 2.71. The Kier molecular flexibility index (Phi) is 8.08. The van der Waals surface area contributed by atoms with Crippen LogP contribution in [0.25, 0.3) is 0 Å². The van der Waals surface area contributed by atoms with Crippen molar-refractivity contribution >= 4 is 11.6 Å². The number of nitrogens with one attached hydrogen (secondary N) is 2. The Hall–Kier alpha value is -3.29. The molecule has 0 unspecified atom stereocenters. The van der Waals surface area contributed by atoms with Crippen LogP contribution in [-0.2, 0) is 13.0 Å². The topological polar surface area (TPSA) is 98.0 Å². The number of ether oxygens (including phenoxy) is 2. The Morgan fingerprint density at radius 1 is 1.11 bits per heavy atom. The fourth-order valence-corrected chi connectivity index (χ4v) is 2.69. The minimum absolute atomic E-state index is 0.0763. The molecule has 8 nitrogen and oxygen atoms in total. The summed E-state index contributed by atoms with van der Waals surface area (Å²) >= 11 is 0. The van der Waals surface area contributed by atoms with Crippen molar-refractivity contribution < 1.29 is 14.4 Å². The molecule has 2 rings (SSSR count). The molecule has 2 N–H and O–H groups in total. The maximum atomic E-state index is 11.1. The maximum absolute atomic E-state index is 11.1. The Morgan fingerprint density at radius 3 is 2.54 bits per heavy atom. The predicted molar refractivity (Wildman–Crippen MR) is 109 cm³/mol. The molecule has 0 aliphatic heterocycles. The summed E-state index contributed by atoms with van der Waals surface area (Å²) < 4.78 is 10.6. The molecule has 0 fully saturated rings. The van der Waals surface area contributed by atoms with E-state index in [1.807, 2.05) is 25.1 Å². The zero-order valence-corrected chi connectivity index (χ0v) is 16.4. The second-order valence-corrected chi connectivity index (χ2v) is 5.95. The summed E-state index contributed by atoms with van der Waals surface area (Å²) in [5.74, 6) is 2.00. The van der Waals surface area contributed by atoms with Crippen molar-refractivity contribution in [3.63, 3.8) is 0 Å². The first-order chi connectivity index (χ1) is 13.6. The number of methoxy groups -OCH3 is 2. The molecule has 0 bridgehead atoms. The number of hydrogen-bond donors (Lipinski definition) is 2. The highest BCUT2D eigenvalue weighted by molar-refractivity contribution is 5.79. The normalized spacial score (nSPS) is 11.0. The fraction of sp³-hybridized carbons (Fsp3) is 0.350. The Labute approximate surface area is 164 Å². The van der Waals surface area contributed by atoms with E-state index in [0.29, 0.717) is 36.1 Å². The summed E-state index contributed by atoms with van der Waals surface area (Å²) in [5, 5.41) is 17.5. The summed E-state index contributed by atoms with van der Waals surface area (Å²) in [6.45, 7) is 3.54. The minimum atomic E-state index is -0.387. The molecule has 0 radical (unpaired) electrons. The summed E-state index contributed by atoms with van der Waals surface area (Å²) in [6, 6.07) is 12.4. The van der Waals surface area contributed by atoms with Gasteiger partial charge in [0.25, 0.3) is 5.69 Å². The molecule has 28 heavy (non-hydrogen) atoms. The molecule has 2 aromatic rings. The van der Waals surface area contributed by atoms with Gasteiger partial charge in [0.2, 0.25) is 0 Å². The number of guanidine groups is 1. The van der Waals surface area contributed by atoms with Crippen molar-refractivity contribution in [1.82, 2.24) is 10.6 Å². The van der Waals surface area contributed by atoms with E-state index in [-0.39, 0.29) is 17.2 Å². The second-order valence-electron chi connectivity index (χ2n) is 5.95. The Bertz CT molecular complexity index is 824. The van der Waals surface area contributed by atoms with Gasteiger partial charge in [0.1, 0.15) is 0 Å².